The number of benzene rings is 1. The lowest BCUT2D eigenvalue weighted by Crippen LogP contribution is -2.21. The highest BCUT2D eigenvalue weighted by molar-refractivity contribution is 5.78. The Balaban J connectivity index is 1.88. The number of nitrogens with one attached hydrogen (secondary N) is 1. The first kappa shape index (κ1) is 18.0. The largest absolute Gasteiger partial charge is 0.481 e. The zero-order valence-corrected chi connectivity index (χ0v) is 13.8. The van der Waals surface area contributed by atoms with Gasteiger partial charge in [-0.2, -0.15) is 0 Å². The number of hydrogen-bond donors (Lipinski definition) is 1. The number of methoxy groups -OCH3 is 1. The molecule has 2 aromatic rings. The number of rotatable bonds is 6. The molecule has 1 amide bonds. The maximum Gasteiger partial charge on any atom is 0.343 e. The fourth-order valence-corrected chi connectivity index (χ4v) is 1.88. The number of carbonyl (C=O) groups is 2. The van der Waals surface area contributed by atoms with Gasteiger partial charge in [0.1, 0.15) is 5.75 Å². The van der Waals surface area contributed by atoms with Crippen molar-refractivity contribution in [1.29, 1.82) is 0 Å². The molecule has 1 heterocycles. The molecule has 0 unspecified atom stereocenters. The van der Waals surface area contributed by atoms with E-state index in [1.807, 2.05) is 12.1 Å². The summed E-state index contributed by atoms with van der Waals surface area (Å²) in [6.07, 6.45) is 3.43. The van der Waals surface area contributed by atoms with Crippen LogP contribution >= 0.6 is 0 Å². The average Bonchev–Trinajstić information content (AvgIpc) is 2.66. The third-order valence-corrected chi connectivity index (χ3v) is 3.14. The molecule has 128 valence electrons. The normalized spacial score (nSPS) is 9.48. The van der Waals surface area contributed by atoms with E-state index < -0.39 is 5.97 Å². The van der Waals surface area contributed by atoms with Crippen LogP contribution in [0.3, 0.4) is 0 Å². The third-order valence-electron chi connectivity index (χ3n) is 3.14. The Hall–Kier alpha value is -3.33. The lowest BCUT2D eigenvalue weighted by atomic mass is 10.2. The predicted octanol–water partition coefficient (Wildman–Crippen LogP) is 1.69. The van der Waals surface area contributed by atoms with Gasteiger partial charge in [0.2, 0.25) is 5.91 Å². The average molecular weight is 338 g/mol. The van der Waals surface area contributed by atoms with Crippen molar-refractivity contribution < 1.29 is 19.1 Å². The van der Waals surface area contributed by atoms with E-state index in [4.69, 9.17) is 4.74 Å². The minimum absolute atomic E-state index is 0.0611. The Morgan fingerprint density at radius 3 is 2.80 bits per heavy atom. The molecule has 6 nitrogen and oxygen atoms in total. The van der Waals surface area contributed by atoms with Crippen molar-refractivity contribution in [2.24, 2.45) is 0 Å². The van der Waals surface area contributed by atoms with Crippen LogP contribution in [-0.4, -0.2) is 30.6 Å². The minimum Gasteiger partial charge on any atom is -0.481 e. The van der Waals surface area contributed by atoms with Gasteiger partial charge in [0.15, 0.2) is 6.61 Å². The predicted molar refractivity (Wildman–Crippen MR) is 91.5 cm³/mol. The standard InChI is InChI=1S/C19H18N2O4/c1-24-19(23)14-25-17-9-3-2-7-16(17)8-4-10-18(22)21-13-15-6-5-11-20-12-15/h2-3,5-7,9,11-12H,10,13-14H2,1H3,(H,21,22). The molecule has 0 saturated carbocycles. The molecule has 1 aromatic heterocycles. The van der Waals surface area contributed by atoms with Crippen molar-refractivity contribution in [2.45, 2.75) is 13.0 Å². The van der Waals surface area contributed by atoms with E-state index in [-0.39, 0.29) is 18.9 Å². The first-order chi connectivity index (χ1) is 12.2. The topological polar surface area (TPSA) is 77.5 Å². The number of amides is 1. The molecule has 0 fully saturated rings. The second-order valence-corrected chi connectivity index (χ2v) is 4.98. The van der Waals surface area contributed by atoms with E-state index in [1.54, 1.807) is 36.7 Å². The van der Waals surface area contributed by atoms with E-state index in [1.165, 1.54) is 7.11 Å². The lowest BCUT2D eigenvalue weighted by molar-refractivity contribution is -0.142. The van der Waals surface area contributed by atoms with Crippen LogP contribution in [0.1, 0.15) is 17.5 Å². The summed E-state index contributed by atoms with van der Waals surface area (Å²) in [5.74, 6) is 5.51. The van der Waals surface area contributed by atoms with E-state index in [0.717, 1.165) is 5.56 Å². The van der Waals surface area contributed by atoms with E-state index in [0.29, 0.717) is 17.9 Å². The van der Waals surface area contributed by atoms with Crippen molar-refractivity contribution >= 4 is 11.9 Å². The first-order valence-electron chi connectivity index (χ1n) is 7.62. The summed E-state index contributed by atoms with van der Waals surface area (Å²) in [5, 5.41) is 2.77. The van der Waals surface area contributed by atoms with Crippen molar-refractivity contribution in [3.63, 3.8) is 0 Å². The van der Waals surface area contributed by atoms with Crippen LogP contribution in [-0.2, 0) is 20.9 Å². The molecule has 0 aliphatic rings. The molecule has 0 aliphatic carbocycles. The fraction of sp³-hybridized carbons (Fsp3) is 0.211. The number of pyridine rings is 1. The van der Waals surface area contributed by atoms with E-state index in [9.17, 15) is 9.59 Å². The third kappa shape index (κ3) is 6.36. The van der Waals surface area contributed by atoms with Gasteiger partial charge < -0.3 is 14.8 Å². The van der Waals surface area contributed by atoms with Gasteiger partial charge in [0, 0.05) is 18.9 Å². The highest BCUT2D eigenvalue weighted by Gasteiger charge is 2.05. The second-order valence-electron chi connectivity index (χ2n) is 4.98. The van der Waals surface area contributed by atoms with E-state index in [2.05, 4.69) is 26.9 Å². The molecule has 1 N–H and O–H groups in total. The Kier molecular flexibility index (Phi) is 7.01. The summed E-state index contributed by atoms with van der Waals surface area (Å²) in [4.78, 5) is 27.0. The summed E-state index contributed by atoms with van der Waals surface area (Å²) in [6.45, 7) is 0.216. The van der Waals surface area contributed by atoms with E-state index >= 15 is 0 Å². The Morgan fingerprint density at radius 1 is 1.20 bits per heavy atom. The second kappa shape index (κ2) is 9.73. The van der Waals surface area contributed by atoms with Crippen molar-refractivity contribution in [2.75, 3.05) is 13.7 Å². The Bertz CT molecular complexity index is 779. The highest BCUT2D eigenvalue weighted by Crippen LogP contribution is 2.16. The number of carbonyl (C=O) groups excluding carboxylic acids is 2. The van der Waals surface area contributed by atoms with Gasteiger partial charge in [-0.25, -0.2) is 4.79 Å². The monoisotopic (exact) mass is 338 g/mol. The van der Waals surface area contributed by atoms with Crippen LogP contribution < -0.4 is 10.1 Å². The lowest BCUT2D eigenvalue weighted by Gasteiger charge is -2.06. The fourth-order valence-electron chi connectivity index (χ4n) is 1.88. The van der Waals surface area contributed by atoms with Gasteiger partial charge in [0.25, 0.3) is 0 Å². The van der Waals surface area contributed by atoms with Crippen LogP contribution in [0, 0.1) is 11.8 Å². The van der Waals surface area contributed by atoms with Crippen LogP contribution in [0.5, 0.6) is 5.75 Å². The van der Waals surface area contributed by atoms with Gasteiger partial charge in [-0.1, -0.05) is 30.0 Å². The van der Waals surface area contributed by atoms with Crippen LogP contribution in [0.4, 0.5) is 0 Å². The number of nitrogens with zero attached hydrogens (tertiary/aromatic N) is 1. The Labute approximate surface area is 146 Å². The molecular weight excluding hydrogens is 320 g/mol. The highest BCUT2D eigenvalue weighted by atomic mass is 16.6. The van der Waals surface area contributed by atoms with Crippen molar-refractivity contribution in [3.8, 4) is 17.6 Å². The minimum atomic E-state index is -0.474. The van der Waals surface area contributed by atoms with Crippen LogP contribution in [0.2, 0.25) is 0 Å². The number of para-hydroxylation sites is 1. The molecule has 1 aromatic carbocycles. The number of ether oxygens (including phenoxy) is 2. The molecule has 0 bridgehead atoms. The SMILES string of the molecule is COC(=O)COc1ccccc1C#CCC(=O)NCc1cccnc1. The summed E-state index contributed by atoms with van der Waals surface area (Å²) >= 11 is 0. The summed E-state index contributed by atoms with van der Waals surface area (Å²) in [6, 6.07) is 10.7. The molecule has 0 spiro atoms. The molecule has 0 radical (unpaired) electrons. The van der Waals surface area contributed by atoms with Gasteiger partial charge in [-0.15, -0.1) is 0 Å². The maximum atomic E-state index is 11.8. The molecule has 6 heteroatoms. The first-order valence-corrected chi connectivity index (χ1v) is 7.62. The Morgan fingerprint density at radius 2 is 2.04 bits per heavy atom. The van der Waals surface area contributed by atoms with Crippen molar-refractivity contribution in [1.82, 2.24) is 10.3 Å². The quantitative estimate of drug-likeness (QED) is 0.641. The number of aromatic nitrogens is 1. The maximum absolute atomic E-state index is 11.8. The van der Waals surface area contributed by atoms with Gasteiger partial charge in [-0.3, -0.25) is 9.78 Å². The number of esters is 1. The summed E-state index contributed by atoms with van der Waals surface area (Å²) < 4.78 is 9.90. The summed E-state index contributed by atoms with van der Waals surface area (Å²) in [7, 11) is 1.29. The van der Waals surface area contributed by atoms with Crippen LogP contribution in [0.25, 0.3) is 0 Å². The van der Waals surface area contributed by atoms with Gasteiger partial charge in [-0.05, 0) is 23.8 Å². The molecule has 25 heavy (non-hydrogen) atoms. The van der Waals surface area contributed by atoms with Crippen LogP contribution in [0.15, 0.2) is 48.8 Å². The summed E-state index contributed by atoms with van der Waals surface area (Å²) in [5.41, 5.74) is 1.52. The molecule has 0 saturated heterocycles. The smallest absolute Gasteiger partial charge is 0.343 e. The number of hydrogen-bond acceptors (Lipinski definition) is 5. The van der Waals surface area contributed by atoms with Gasteiger partial charge >= 0.3 is 5.97 Å². The zero-order chi connectivity index (χ0) is 17.9. The zero-order valence-electron chi connectivity index (χ0n) is 13.8. The molecular formula is C19H18N2O4. The molecule has 2 rings (SSSR count). The van der Waals surface area contributed by atoms with Crippen molar-refractivity contribution in [3.05, 3.63) is 59.9 Å². The molecule has 0 atom stereocenters. The molecule has 0 aliphatic heterocycles. The van der Waals surface area contributed by atoms with Gasteiger partial charge in [0.05, 0.1) is 19.1 Å².